The molecule has 0 amide bonds. The summed E-state index contributed by atoms with van der Waals surface area (Å²) < 4.78 is 2.33. The van der Waals surface area contributed by atoms with Crippen LogP contribution in [0, 0.1) is 3.57 Å². The molecular weight excluding hydrogens is 410 g/mol. The Balaban J connectivity index is 2.11. The van der Waals surface area contributed by atoms with Crippen molar-refractivity contribution in [2.75, 3.05) is 0 Å². The average molecular weight is 422 g/mol. The van der Waals surface area contributed by atoms with E-state index >= 15 is 0 Å². The van der Waals surface area contributed by atoms with Crippen molar-refractivity contribution in [3.8, 4) is 0 Å². The van der Waals surface area contributed by atoms with E-state index in [1.165, 1.54) is 14.7 Å². The maximum absolute atomic E-state index is 6.43. The minimum Gasteiger partial charge on any atom is -0.117 e. The summed E-state index contributed by atoms with van der Waals surface area (Å²) in [5, 5.41) is 0.0290. The summed E-state index contributed by atoms with van der Waals surface area (Å²) in [6.07, 6.45) is 0.849. The van der Waals surface area contributed by atoms with Gasteiger partial charge in [-0.3, -0.25) is 0 Å². The largest absolute Gasteiger partial charge is 0.117 e. The lowest BCUT2D eigenvalue weighted by atomic mass is 10.0. The fourth-order valence-electron chi connectivity index (χ4n) is 1.66. The van der Waals surface area contributed by atoms with Crippen molar-refractivity contribution in [3.05, 3.63) is 67.7 Å². The van der Waals surface area contributed by atoms with E-state index in [0.29, 0.717) is 0 Å². The van der Waals surface area contributed by atoms with Gasteiger partial charge < -0.3 is 0 Å². The van der Waals surface area contributed by atoms with Gasteiger partial charge in [0, 0.05) is 8.04 Å². The van der Waals surface area contributed by atoms with E-state index in [1.54, 1.807) is 0 Å². The van der Waals surface area contributed by atoms with Gasteiger partial charge in [0.1, 0.15) is 0 Å². The zero-order valence-corrected chi connectivity index (χ0v) is 13.5. The normalized spacial score (nSPS) is 12.4. The van der Waals surface area contributed by atoms with Crippen LogP contribution in [0.2, 0.25) is 0 Å². The summed E-state index contributed by atoms with van der Waals surface area (Å²) in [5.41, 5.74) is 2.42. The maximum Gasteiger partial charge on any atom is 0.0625 e. The van der Waals surface area contributed by atoms with Crippen LogP contribution in [0.3, 0.4) is 0 Å². The molecule has 0 heterocycles. The Labute approximate surface area is 129 Å². The zero-order chi connectivity index (χ0) is 12.3. The fraction of sp³-hybridized carbons (Fsp3) is 0.143. The number of rotatable bonds is 3. The summed E-state index contributed by atoms with van der Waals surface area (Å²) in [4.78, 5) is 0. The van der Waals surface area contributed by atoms with Crippen LogP contribution in [0.1, 0.15) is 16.5 Å². The Morgan fingerprint density at radius 2 is 1.82 bits per heavy atom. The molecule has 1 atom stereocenters. The molecule has 2 aromatic carbocycles. The number of halogens is 3. The monoisotopic (exact) mass is 420 g/mol. The lowest BCUT2D eigenvalue weighted by molar-refractivity contribution is 0.918. The topological polar surface area (TPSA) is 0 Å². The van der Waals surface area contributed by atoms with Gasteiger partial charge in [-0.05, 0) is 64.4 Å². The van der Waals surface area contributed by atoms with E-state index in [-0.39, 0.29) is 5.38 Å². The first kappa shape index (κ1) is 13.4. The van der Waals surface area contributed by atoms with Crippen molar-refractivity contribution < 1.29 is 0 Å². The van der Waals surface area contributed by atoms with Gasteiger partial charge in [-0.1, -0.05) is 40.2 Å². The molecule has 0 saturated heterocycles. The summed E-state index contributed by atoms with van der Waals surface area (Å²) in [7, 11) is 0. The van der Waals surface area contributed by atoms with Crippen molar-refractivity contribution in [2.45, 2.75) is 11.8 Å². The molecule has 0 nitrogen and oxygen atoms in total. The van der Waals surface area contributed by atoms with E-state index in [1.807, 2.05) is 12.1 Å². The Morgan fingerprint density at radius 3 is 2.47 bits per heavy atom. The molecule has 0 radical (unpaired) electrons. The number of hydrogen-bond donors (Lipinski definition) is 0. The summed E-state index contributed by atoms with van der Waals surface area (Å²) in [5.74, 6) is 0. The molecule has 0 aliphatic heterocycles. The van der Waals surface area contributed by atoms with Gasteiger partial charge in [0.25, 0.3) is 0 Å². The highest BCUT2D eigenvalue weighted by Gasteiger charge is 2.08. The molecular formula is C14H11BrClI. The molecule has 0 N–H and O–H groups in total. The molecule has 0 aromatic heterocycles. The molecule has 0 spiro atoms. The Morgan fingerprint density at radius 1 is 1.12 bits per heavy atom. The second-order valence-corrected chi connectivity index (χ2v) is 6.54. The molecule has 0 bridgehead atoms. The highest BCUT2D eigenvalue weighted by molar-refractivity contribution is 14.1. The highest BCUT2D eigenvalue weighted by atomic mass is 127. The highest BCUT2D eigenvalue weighted by Crippen LogP contribution is 2.26. The predicted octanol–water partition coefficient (Wildman–Crippen LogP) is 5.58. The quantitative estimate of drug-likeness (QED) is 0.449. The molecule has 2 aromatic rings. The zero-order valence-electron chi connectivity index (χ0n) is 9.04. The molecule has 1 unspecified atom stereocenters. The van der Waals surface area contributed by atoms with Gasteiger partial charge >= 0.3 is 0 Å². The fourth-order valence-corrected chi connectivity index (χ4v) is 2.79. The van der Waals surface area contributed by atoms with Crippen LogP contribution in [0.4, 0.5) is 0 Å². The second-order valence-electron chi connectivity index (χ2n) is 3.85. The molecule has 88 valence electrons. The first-order valence-electron chi connectivity index (χ1n) is 5.29. The summed E-state index contributed by atoms with van der Waals surface area (Å²) in [6, 6.07) is 16.6. The van der Waals surface area contributed by atoms with Crippen LogP contribution in [-0.4, -0.2) is 0 Å². The van der Waals surface area contributed by atoms with Crippen molar-refractivity contribution >= 4 is 50.1 Å². The minimum absolute atomic E-state index is 0.0290. The van der Waals surface area contributed by atoms with Crippen LogP contribution in [0.25, 0.3) is 0 Å². The van der Waals surface area contributed by atoms with E-state index in [0.717, 1.165) is 10.9 Å². The molecule has 2 rings (SSSR count). The molecule has 17 heavy (non-hydrogen) atoms. The second kappa shape index (κ2) is 6.21. The Kier molecular flexibility index (Phi) is 4.88. The minimum atomic E-state index is 0.0290. The lowest BCUT2D eigenvalue weighted by Gasteiger charge is -2.10. The van der Waals surface area contributed by atoms with Gasteiger partial charge in [-0.25, -0.2) is 0 Å². The summed E-state index contributed by atoms with van der Waals surface area (Å²) >= 11 is 12.2. The lowest BCUT2D eigenvalue weighted by Crippen LogP contribution is -1.95. The van der Waals surface area contributed by atoms with Crippen LogP contribution in [0.15, 0.2) is 53.0 Å². The standard InChI is InChI=1S/C14H11BrClI/c15-12-3-1-2-10(8-12)9-14(16)11-4-6-13(17)7-5-11/h1-8,14H,9H2. The van der Waals surface area contributed by atoms with E-state index in [4.69, 9.17) is 11.6 Å². The third-order valence-electron chi connectivity index (χ3n) is 2.54. The van der Waals surface area contributed by atoms with E-state index < -0.39 is 0 Å². The summed E-state index contributed by atoms with van der Waals surface area (Å²) in [6.45, 7) is 0. The van der Waals surface area contributed by atoms with Crippen LogP contribution in [0.5, 0.6) is 0 Å². The molecule has 0 aliphatic rings. The van der Waals surface area contributed by atoms with Crippen molar-refractivity contribution in [2.24, 2.45) is 0 Å². The Bertz CT molecular complexity index is 496. The van der Waals surface area contributed by atoms with Crippen LogP contribution in [-0.2, 0) is 6.42 Å². The van der Waals surface area contributed by atoms with Crippen molar-refractivity contribution in [1.82, 2.24) is 0 Å². The van der Waals surface area contributed by atoms with Gasteiger partial charge in [-0.15, -0.1) is 11.6 Å². The Hall–Kier alpha value is -0.0600. The maximum atomic E-state index is 6.43. The van der Waals surface area contributed by atoms with Crippen molar-refractivity contribution in [1.29, 1.82) is 0 Å². The van der Waals surface area contributed by atoms with Gasteiger partial charge in [0.2, 0.25) is 0 Å². The van der Waals surface area contributed by atoms with Gasteiger partial charge in [0.05, 0.1) is 5.38 Å². The third kappa shape index (κ3) is 3.97. The third-order valence-corrected chi connectivity index (χ3v) is 4.15. The van der Waals surface area contributed by atoms with Crippen molar-refractivity contribution in [3.63, 3.8) is 0 Å². The predicted molar refractivity (Wildman–Crippen MR) is 85.6 cm³/mol. The number of alkyl halides is 1. The van der Waals surface area contributed by atoms with Gasteiger partial charge in [0.15, 0.2) is 0 Å². The first-order chi connectivity index (χ1) is 8.15. The SMILES string of the molecule is ClC(Cc1cccc(Br)c1)c1ccc(I)cc1. The molecule has 0 aliphatic carbocycles. The average Bonchev–Trinajstić information content (AvgIpc) is 2.29. The van der Waals surface area contributed by atoms with Crippen LogP contribution >= 0.6 is 50.1 Å². The number of benzene rings is 2. The number of hydrogen-bond acceptors (Lipinski definition) is 0. The van der Waals surface area contributed by atoms with Gasteiger partial charge in [-0.2, -0.15) is 0 Å². The van der Waals surface area contributed by atoms with E-state index in [9.17, 15) is 0 Å². The molecule has 0 fully saturated rings. The smallest absolute Gasteiger partial charge is 0.0625 e. The molecule has 3 heteroatoms. The first-order valence-corrected chi connectivity index (χ1v) is 7.60. The molecule has 0 saturated carbocycles. The van der Waals surface area contributed by atoms with Crippen LogP contribution < -0.4 is 0 Å². The van der Waals surface area contributed by atoms with E-state index in [2.05, 4.69) is 74.9 Å².